The van der Waals surface area contributed by atoms with Crippen LogP contribution in [0.15, 0.2) is 12.1 Å². The fraction of sp³-hybridized carbons (Fsp3) is 0.667. The Morgan fingerprint density at radius 1 is 1.55 bits per heavy atom. The molecule has 1 aliphatic rings. The first-order valence-corrected chi connectivity index (χ1v) is 8.24. The van der Waals surface area contributed by atoms with Gasteiger partial charge in [0.05, 0.1) is 9.75 Å². The molecule has 0 aromatic carbocycles. The van der Waals surface area contributed by atoms with E-state index < -0.39 is 11.4 Å². The van der Waals surface area contributed by atoms with E-state index in [-0.39, 0.29) is 5.92 Å². The molecule has 2 atom stereocenters. The Labute approximate surface area is 129 Å². The predicted molar refractivity (Wildman–Crippen MR) is 83.5 cm³/mol. The first-order valence-electron chi connectivity index (χ1n) is 7.05. The van der Waals surface area contributed by atoms with Gasteiger partial charge in [-0.05, 0) is 58.2 Å². The number of carbonyl (C=O) groups is 1. The lowest BCUT2D eigenvalue weighted by Crippen LogP contribution is -2.45. The van der Waals surface area contributed by atoms with E-state index in [4.69, 9.17) is 11.6 Å². The van der Waals surface area contributed by atoms with Crippen molar-refractivity contribution in [1.82, 2.24) is 4.90 Å². The van der Waals surface area contributed by atoms with Crippen LogP contribution in [0, 0.1) is 11.3 Å². The minimum absolute atomic E-state index is 0.201. The number of likely N-dealkylation sites (tertiary alicyclic amines) is 1. The van der Waals surface area contributed by atoms with Crippen molar-refractivity contribution in [3.05, 3.63) is 21.3 Å². The molecule has 112 valence electrons. The van der Waals surface area contributed by atoms with E-state index >= 15 is 0 Å². The van der Waals surface area contributed by atoms with Gasteiger partial charge in [-0.3, -0.25) is 9.69 Å². The van der Waals surface area contributed by atoms with Crippen molar-refractivity contribution < 1.29 is 9.90 Å². The zero-order valence-corrected chi connectivity index (χ0v) is 13.8. The van der Waals surface area contributed by atoms with Crippen molar-refractivity contribution in [2.24, 2.45) is 11.3 Å². The number of thiophene rings is 1. The second-order valence-electron chi connectivity index (χ2n) is 6.18. The highest BCUT2D eigenvalue weighted by Gasteiger charge is 2.40. The lowest BCUT2D eigenvalue weighted by Gasteiger charge is -2.41. The minimum atomic E-state index is -0.698. The minimum Gasteiger partial charge on any atom is -0.481 e. The number of carboxylic acid groups (broad SMARTS) is 1. The molecule has 0 spiro atoms. The summed E-state index contributed by atoms with van der Waals surface area (Å²) in [6, 6.07) is 4.31. The van der Waals surface area contributed by atoms with Gasteiger partial charge in [-0.25, -0.2) is 0 Å². The van der Waals surface area contributed by atoms with Crippen LogP contribution in [-0.4, -0.2) is 29.1 Å². The number of hydrogen-bond donors (Lipinski definition) is 1. The molecular weight excluding hydrogens is 294 g/mol. The summed E-state index contributed by atoms with van der Waals surface area (Å²) >= 11 is 7.62. The van der Waals surface area contributed by atoms with Crippen LogP contribution in [0.25, 0.3) is 0 Å². The second kappa shape index (κ2) is 6.04. The molecular formula is C15H22ClNO2S. The van der Waals surface area contributed by atoms with E-state index in [0.29, 0.717) is 6.04 Å². The topological polar surface area (TPSA) is 40.5 Å². The van der Waals surface area contributed by atoms with Crippen LogP contribution in [0.2, 0.25) is 4.34 Å². The molecule has 1 aromatic rings. The van der Waals surface area contributed by atoms with Crippen molar-refractivity contribution >= 4 is 28.9 Å². The van der Waals surface area contributed by atoms with Crippen molar-refractivity contribution in [2.45, 2.75) is 39.7 Å². The molecule has 1 fully saturated rings. The molecule has 1 aromatic heterocycles. The van der Waals surface area contributed by atoms with Crippen LogP contribution in [0.5, 0.6) is 0 Å². The Balaban J connectivity index is 2.09. The van der Waals surface area contributed by atoms with Crippen molar-refractivity contribution in [1.29, 1.82) is 0 Å². The van der Waals surface area contributed by atoms with Crippen molar-refractivity contribution in [3.8, 4) is 0 Å². The summed E-state index contributed by atoms with van der Waals surface area (Å²) in [6.45, 7) is 7.74. The van der Waals surface area contributed by atoms with Gasteiger partial charge in [0.2, 0.25) is 0 Å². The summed E-state index contributed by atoms with van der Waals surface area (Å²) in [6.07, 6.45) is 2.05. The number of nitrogens with zero attached hydrogens (tertiary/aromatic N) is 1. The van der Waals surface area contributed by atoms with Gasteiger partial charge in [-0.15, -0.1) is 11.3 Å². The zero-order valence-electron chi connectivity index (χ0n) is 12.2. The summed E-state index contributed by atoms with van der Waals surface area (Å²) in [7, 11) is 0. The first-order chi connectivity index (χ1) is 9.32. The van der Waals surface area contributed by atoms with E-state index in [2.05, 4.69) is 17.9 Å². The van der Waals surface area contributed by atoms with Gasteiger partial charge in [0.25, 0.3) is 0 Å². The molecule has 3 nitrogen and oxygen atoms in total. The molecule has 0 radical (unpaired) electrons. The number of halogens is 1. The fourth-order valence-corrected chi connectivity index (χ4v) is 4.00. The van der Waals surface area contributed by atoms with Crippen LogP contribution in [0.4, 0.5) is 0 Å². The Bertz CT molecular complexity index is 486. The number of hydrogen-bond acceptors (Lipinski definition) is 3. The third-order valence-corrected chi connectivity index (χ3v) is 5.98. The molecule has 0 bridgehead atoms. The maximum atomic E-state index is 11.4. The van der Waals surface area contributed by atoms with E-state index in [0.717, 1.165) is 30.3 Å². The molecule has 2 rings (SSSR count). The third kappa shape index (κ3) is 3.18. The maximum Gasteiger partial charge on any atom is 0.309 e. The lowest BCUT2D eigenvalue weighted by molar-refractivity contribution is -0.151. The van der Waals surface area contributed by atoms with Crippen LogP contribution in [-0.2, 0) is 4.79 Å². The lowest BCUT2D eigenvalue weighted by atomic mass is 9.74. The molecule has 0 amide bonds. The number of aliphatic carboxylic acids is 1. The van der Waals surface area contributed by atoms with Crippen LogP contribution in [0.1, 0.15) is 44.5 Å². The molecule has 0 aliphatic carbocycles. The molecule has 1 aliphatic heterocycles. The summed E-state index contributed by atoms with van der Waals surface area (Å²) in [5.74, 6) is -0.497. The Hall–Kier alpha value is -0.580. The molecule has 5 heteroatoms. The molecule has 1 saturated heterocycles. The van der Waals surface area contributed by atoms with Crippen LogP contribution in [0.3, 0.4) is 0 Å². The van der Waals surface area contributed by atoms with Gasteiger partial charge < -0.3 is 5.11 Å². The number of rotatable bonds is 4. The predicted octanol–water partition coefficient (Wildman–Crippen LogP) is 4.29. The molecule has 1 N–H and O–H groups in total. The highest BCUT2D eigenvalue weighted by atomic mass is 35.5. The van der Waals surface area contributed by atoms with Crippen molar-refractivity contribution in [2.75, 3.05) is 13.1 Å². The average molecular weight is 316 g/mol. The molecule has 2 unspecified atom stereocenters. The quantitative estimate of drug-likeness (QED) is 0.901. The Morgan fingerprint density at radius 2 is 2.25 bits per heavy atom. The van der Waals surface area contributed by atoms with E-state index in [9.17, 15) is 9.90 Å². The first kappa shape index (κ1) is 15.8. The van der Waals surface area contributed by atoms with Gasteiger partial charge >= 0.3 is 5.97 Å². The van der Waals surface area contributed by atoms with Crippen molar-refractivity contribution in [3.63, 3.8) is 0 Å². The molecule has 2 heterocycles. The summed E-state index contributed by atoms with van der Waals surface area (Å²) in [5.41, 5.74) is -0.661. The second-order valence-corrected chi connectivity index (χ2v) is 7.93. The monoisotopic (exact) mass is 315 g/mol. The van der Waals surface area contributed by atoms with E-state index in [1.54, 1.807) is 11.3 Å². The average Bonchev–Trinajstić information content (AvgIpc) is 2.84. The Kier molecular flexibility index (Phi) is 4.77. The molecule has 0 saturated carbocycles. The van der Waals surface area contributed by atoms with Gasteiger partial charge in [0.1, 0.15) is 0 Å². The zero-order chi connectivity index (χ0) is 14.9. The fourth-order valence-electron chi connectivity index (χ4n) is 2.85. The van der Waals surface area contributed by atoms with E-state index in [1.807, 2.05) is 19.9 Å². The van der Waals surface area contributed by atoms with Crippen LogP contribution < -0.4 is 0 Å². The summed E-state index contributed by atoms with van der Waals surface area (Å²) < 4.78 is 0.811. The normalized spacial score (nSPS) is 22.7. The van der Waals surface area contributed by atoms with Gasteiger partial charge in [-0.2, -0.15) is 0 Å². The van der Waals surface area contributed by atoms with Gasteiger partial charge in [0.15, 0.2) is 0 Å². The summed E-state index contributed by atoms with van der Waals surface area (Å²) in [4.78, 5) is 15.1. The SMILES string of the molecule is CC(c1ccc(Cl)s1)N1CCCC(C(C)(C)C(=O)O)C1. The Morgan fingerprint density at radius 3 is 2.80 bits per heavy atom. The maximum absolute atomic E-state index is 11.4. The third-order valence-electron chi connectivity index (χ3n) is 4.58. The number of piperidine rings is 1. The van der Waals surface area contributed by atoms with Crippen LogP contribution >= 0.6 is 22.9 Å². The molecule has 20 heavy (non-hydrogen) atoms. The highest BCUT2D eigenvalue weighted by Crippen LogP contribution is 2.38. The number of carboxylic acids is 1. The summed E-state index contributed by atoms with van der Waals surface area (Å²) in [5, 5.41) is 9.40. The highest BCUT2D eigenvalue weighted by molar-refractivity contribution is 7.16. The smallest absolute Gasteiger partial charge is 0.309 e. The van der Waals surface area contributed by atoms with Gasteiger partial charge in [0, 0.05) is 17.5 Å². The van der Waals surface area contributed by atoms with Gasteiger partial charge in [-0.1, -0.05) is 11.6 Å². The van der Waals surface area contributed by atoms with E-state index in [1.165, 1.54) is 4.88 Å². The largest absolute Gasteiger partial charge is 0.481 e. The standard InChI is InChI=1S/C15H22ClNO2S/c1-10(12-6-7-13(16)20-12)17-8-4-5-11(9-17)15(2,3)14(18)19/h6-7,10-11H,4-5,8-9H2,1-3H3,(H,18,19).